The SMILES string of the molecule is Cc1c(/C(O)=C2\C(=O)C(=O)N(CCCN3CCOCC3)[C@H]2c2cccnc2)cnn1-c1ccccc1. The Hall–Kier alpha value is -3.82. The Kier molecular flexibility index (Phi) is 6.92. The van der Waals surface area contributed by atoms with Gasteiger partial charge in [0.05, 0.1) is 48.0 Å². The lowest BCUT2D eigenvalue weighted by atomic mass is 9.96. The maximum absolute atomic E-state index is 13.3. The van der Waals surface area contributed by atoms with Crippen LogP contribution in [0.3, 0.4) is 0 Å². The van der Waals surface area contributed by atoms with Crippen LogP contribution in [0.25, 0.3) is 11.4 Å². The van der Waals surface area contributed by atoms with E-state index in [4.69, 9.17) is 4.74 Å². The third kappa shape index (κ3) is 4.55. The van der Waals surface area contributed by atoms with E-state index in [1.165, 1.54) is 6.20 Å². The van der Waals surface area contributed by atoms with Gasteiger partial charge in [0.15, 0.2) is 0 Å². The molecule has 9 heteroatoms. The van der Waals surface area contributed by atoms with Gasteiger partial charge in [0.25, 0.3) is 11.7 Å². The van der Waals surface area contributed by atoms with Gasteiger partial charge in [0.2, 0.25) is 0 Å². The number of aliphatic hydroxyl groups is 1. The Morgan fingerprint density at radius 1 is 1.06 bits per heavy atom. The number of carbonyl (C=O) groups is 2. The normalized spacial score (nSPS) is 20.2. The molecule has 0 saturated carbocycles. The fourth-order valence-electron chi connectivity index (χ4n) is 4.90. The summed E-state index contributed by atoms with van der Waals surface area (Å²) in [7, 11) is 0. The van der Waals surface area contributed by atoms with E-state index in [0.717, 1.165) is 25.3 Å². The fraction of sp³-hybridized carbons (Fsp3) is 0.333. The quantitative estimate of drug-likeness (QED) is 0.311. The number of hydrogen-bond donors (Lipinski definition) is 1. The summed E-state index contributed by atoms with van der Waals surface area (Å²) in [5, 5.41) is 15.8. The van der Waals surface area contributed by atoms with E-state index in [0.29, 0.717) is 43.0 Å². The minimum atomic E-state index is -0.720. The standard InChI is InChI=1S/C27H29N5O4/c1-19-22(18-29-32(19)21-8-3-2-4-9-21)25(33)23-24(20-7-5-10-28-17-20)31(27(35)26(23)34)12-6-11-30-13-15-36-16-14-30/h2-5,7-10,17-18,24,33H,6,11-16H2,1H3/b25-23+/t24-/m0/s1. The molecule has 0 bridgehead atoms. The van der Waals surface area contributed by atoms with Gasteiger partial charge < -0.3 is 14.7 Å². The van der Waals surface area contributed by atoms with Gasteiger partial charge in [-0.1, -0.05) is 24.3 Å². The third-order valence-electron chi connectivity index (χ3n) is 6.78. The van der Waals surface area contributed by atoms with Crippen LogP contribution in [0.2, 0.25) is 0 Å². The number of morpholine rings is 1. The Labute approximate surface area is 209 Å². The van der Waals surface area contributed by atoms with Crippen molar-refractivity contribution in [3.63, 3.8) is 0 Å². The second-order valence-electron chi connectivity index (χ2n) is 8.98. The van der Waals surface area contributed by atoms with Crippen molar-refractivity contribution in [3.05, 3.63) is 83.4 Å². The van der Waals surface area contributed by atoms with Crippen molar-refractivity contribution in [1.29, 1.82) is 0 Å². The van der Waals surface area contributed by atoms with Crippen LogP contribution in [0.15, 0.2) is 66.6 Å². The molecule has 2 saturated heterocycles. The molecular weight excluding hydrogens is 458 g/mol. The number of Topliss-reactive ketones (excluding diaryl/α,β-unsaturated/α-hetero) is 1. The van der Waals surface area contributed by atoms with Crippen molar-refractivity contribution in [2.45, 2.75) is 19.4 Å². The molecule has 0 aliphatic carbocycles. The zero-order chi connectivity index (χ0) is 25.1. The number of benzene rings is 1. The molecule has 5 rings (SSSR count). The molecule has 1 aromatic carbocycles. The molecule has 9 nitrogen and oxygen atoms in total. The van der Waals surface area contributed by atoms with Gasteiger partial charge in [-0.3, -0.25) is 19.5 Å². The number of ether oxygens (including phenoxy) is 1. The molecule has 186 valence electrons. The summed E-state index contributed by atoms with van der Waals surface area (Å²) in [6, 6.07) is 12.4. The van der Waals surface area contributed by atoms with Crippen molar-refractivity contribution in [2.75, 3.05) is 39.4 Å². The highest BCUT2D eigenvalue weighted by atomic mass is 16.5. The lowest BCUT2D eigenvalue weighted by molar-refractivity contribution is -0.140. The van der Waals surface area contributed by atoms with Crippen LogP contribution in [0.4, 0.5) is 0 Å². The Balaban J connectivity index is 1.49. The molecule has 3 aromatic rings. The largest absolute Gasteiger partial charge is 0.507 e. The number of carbonyl (C=O) groups excluding carboxylic acids is 2. The van der Waals surface area contributed by atoms with Gasteiger partial charge in [-0.15, -0.1) is 0 Å². The number of rotatable bonds is 7. The maximum Gasteiger partial charge on any atom is 0.295 e. The minimum absolute atomic E-state index is 0.0649. The average molecular weight is 488 g/mol. The fourth-order valence-corrected chi connectivity index (χ4v) is 4.90. The lowest BCUT2D eigenvalue weighted by Crippen LogP contribution is -2.39. The number of pyridine rings is 1. The number of hydrogen-bond acceptors (Lipinski definition) is 7. The molecule has 1 N–H and O–H groups in total. The number of likely N-dealkylation sites (tertiary alicyclic amines) is 1. The van der Waals surface area contributed by atoms with Crippen molar-refractivity contribution < 1.29 is 19.4 Å². The van der Waals surface area contributed by atoms with Crippen LogP contribution in [0.5, 0.6) is 0 Å². The van der Waals surface area contributed by atoms with Crippen molar-refractivity contribution >= 4 is 17.4 Å². The van der Waals surface area contributed by atoms with E-state index in [1.807, 2.05) is 43.3 Å². The summed E-state index contributed by atoms with van der Waals surface area (Å²) in [5.74, 6) is -1.53. The number of aliphatic hydroxyl groups excluding tert-OH is 1. The van der Waals surface area contributed by atoms with E-state index in [-0.39, 0.29) is 11.3 Å². The van der Waals surface area contributed by atoms with E-state index in [2.05, 4.69) is 15.0 Å². The van der Waals surface area contributed by atoms with Gasteiger partial charge in [0.1, 0.15) is 5.76 Å². The van der Waals surface area contributed by atoms with Crippen molar-refractivity contribution in [2.24, 2.45) is 0 Å². The lowest BCUT2D eigenvalue weighted by Gasteiger charge is -2.29. The summed E-state index contributed by atoms with van der Waals surface area (Å²) in [4.78, 5) is 34.5. The number of nitrogens with zero attached hydrogens (tertiary/aromatic N) is 5. The average Bonchev–Trinajstić information content (AvgIpc) is 3.42. The van der Waals surface area contributed by atoms with Crippen LogP contribution in [0, 0.1) is 6.92 Å². The van der Waals surface area contributed by atoms with E-state index < -0.39 is 17.7 Å². The molecule has 4 heterocycles. The highest BCUT2D eigenvalue weighted by Gasteiger charge is 2.46. The van der Waals surface area contributed by atoms with Crippen LogP contribution in [0.1, 0.15) is 29.3 Å². The topological polar surface area (TPSA) is 101 Å². The molecular formula is C27H29N5O4. The molecule has 36 heavy (non-hydrogen) atoms. The Bertz CT molecular complexity index is 1270. The molecule has 1 atom stereocenters. The summed E-state index contributed by atoms with van der Waals surface area (Å²) in [6.07, 6.45) is 5.51. The van der Waals surface area contributed by atoms with Crippen molar-refractivity contribution in [3.8, 4) is 5.69 Å². The first kappa shape index (κ1) is 23.9. The first-order chi connectivity index (χ1) is 17.6. The molecule has 0 spiro atoms. The maximum atomic E-state index is 13.3. The third-order valence-corrected chi connectivity index (χ3v) is 6.78. The summed E-state index contributed by atoms with van der Waals surface area (Å²) < 4.78 is 7.11. The Morgan fingerprint density at radius 3 is 2.56 bits per heavy atom. The monoisotopic (exact) mass is 487 g/mol. The van der Waals surface area contributed by atoms with Crippen LogP contribution in [-0.2, 0) is 14.3 Å². The van der Waals surface area contributed by atoms with Gasteiger partial charge in [-0.05, 0) is 37.1 Å². The van der Waals surface area contributed by atoms with E-state index in [9.17, 15) is 14.7 Å². The van der Waals surface area contributed by atoms with E-state index >= 15 is 0 Å². The van der Waals surface area contributed by atoms with Gasteiger partial charge in [0, 0.05) is 38.6 Å². The van der Waals surface area contributed by atoms with Gasteiger partial charge >= 0.3 is 0 Å². The van der Waals surface area contributed by atoms with Crippen molar-refractivity contribution in [1.82, 2.24) is 24.6 Å². The summed E-state index contributed by atoms with van der Waals surface area (Å²) in [6.45, 7) is 6.14. The zero-order valence-corrected chi connectivity index (χ0v) is 20.2. The van der Waals surface area contributed by atoms with Crippen LogP contribution < -0.4 is 0 Å². The molecule has 2 fully saturated rings. The second-order valence-corrected chi connectivity index (χ2v) is 8.98. The Morgan fingerprint density at radius 2 is 1.83 bits per heavy atom. The smallest absolute Gasteiger partial charge is 0.295 e. The van der Waals surface area contributed by atoms with Gasteiger partial charge in [-0.2, -0.15) is 5.10 Å². The van der Waals surface area contributed by atoms with Gasteiger partial charge in [-0.25, -0.2) is 4.68 Å². The summed E-state index contributed by atoms with van der Waals surface area (Å²) in [5.41, 5.74) is 2.66. The molecule has 2 aromatic heterocycles. The number of ketones is 1. The van der Waals surface area contributed by atoms with Crippen LogP contribution >= 0.6 is 0 Å². The first-order valence-electron chi connectivity index (χ1n) is 12.1. The zero-order valence-electron chi connectivity index (χ0n) is 20.2. The number of aromatic nitrogens is 3. The molecule has 2 aliphatic rings. The number of para-hydroxylation sites is 1. The minimum Gasteiger partial charge on any atom is -0.507 e. The molecule has 1 amide bonds. The highest BCUT2D eigenvalue weighted by molar-refractivity contribution is 6.46. The summed E-state index contributed by atoms with van der Waals surface area (Å²) >= 11 is 0. The molecule has 2 aliphatic heterocycles. The molecule has 0 radical (unpaired) electrons. The first-order valence-corrected chi connectivity index (χ1v) is 12.1. The number of amides is 1. The van der Waals surface area contributed by atoms with Crippen LogP contribution in [-0.4, -0.2) is 80.8 Å². The van der Waals surface area contributed by atoms with E-state index in [1.54, 1.807) is 28.0 Å². The predicted octanol–water partition coefficient (Wildman–Crippen LogP) is 2.72. The molecule has 0 unspecified atom stereocenters. The predicted molar refractivity (Wildman–Crippen MR) is 133 cm³/mol. The second kappa shape index (κ2) is 10.4. The highest BCUT2D eigenvalue weighted by Crippen LogP contribution is 2.39.